The maximum absolute atomic E-state index is 14.2. The lowest BCUT2D eigenvalue weighted by atomic mass is 9.77. The standard InChI is InChI=1S/C38H71NO12/c1-15-27-38(12,45)31(41)24(7)39(13)18-19(2)16-36(10,44)33(51-35-29(40)21(4)20(3)25(8)48-35)22(5)30(23(6)34(43)49-27)50-28-17-37(11,46-14)32(42)26(9)47-28/h19-33,35,40-42,44-45H,15-18H2,1-14H3/t19-,20-,21+,22+,23-,24-,25-,26+,27-,28+,29-,30+,31-,32+,33-,35+,36-,37-,38-/m1/s1. The van der Waals surface area contributed by atoms with Gasteiger partial charge in [0.1, 0.15) is 30.0 Å². The van der Waals surface area contributed by atoms with Crippen LogP contribution in [0.25, 0.3) is 0 Å². The molecule has 3 heterocycles. The topological polar surface area (TPSA) is 177 Å². The highest BCUT2D eigenvalue weighted by Gasteiger charge is 2.52. The molecule has 0 aromatic rings. The quantitative estimate of drug-likeness (QED) is 0.252. The Hall–Kier alpha value is -0.970. The van der Waals surface area contributed by atoms with E-state index in [-0.39, 0.29) is 43.1 Å². The minimum Gasteiger partial charge on any atom is -0.459 e. The number of hydrogen-bond donors (Lipinski definition) is 5. The Morgan fingerprint density at radius 3 is 2.02 bits per heavy atom. The van der Waals surface area contributed by atoms with E-state index < -0.39 is 96.0 Å². The fraction of sp³-hybridized carbons (Fsp3) is 0.974. The van der Waals surface area contributed by atoms with Crippen LogP contribution < -0.4 is 0 Å². The second-order valence-electron chi connectivity index (χ2n) is 17.0. The van der Waals surface area contributed by atoms with E-state index in [4.69, 9.17) is 28.4 Å². The number of cyclic esters (lactones) is 1. The van der Waals surface area contributed by atoms with Crippen molar-refractivity contribution in [3.63, 3.8) is 0 Å². The van der Waals surface area contributed by atoms with Gasteiger partial charge in [-0.15, -0.1) is 0 Å². The summed E-state index contributed by atoms with van der Waals surface area (Å²) in [5, 5.41) is 57.9. The van der Waals surface area contributed by atoms with E-state index in [1.54, 1.807) is 41.5 Å². The molecule has 0 aromatic heterocycles. The summed E-state index contributed by atoms with van der Waals surface area (Å²) in [7, 11) is 3.35. The van der Waals surface area contributed by atoms with E-state index >= 15 is 0 Å². The zero-order valence-corrected chi connectivity index (χ0v) is 33.6. The molecule has 0 aromatic carbocycles. The van der Waals surface area contributed by atoms with Gasteiger partial charge in [0.05, 0.1) is 41.5 Å². The zero-order valence-electron chi connectivity index (χ0n) is 33.6. The zero-order chi connectivity index (χ0) is 39.0. The molecule has 0 saturated carbocycles. The molecule has 0 radical (unpaired) electrons. The minimum absolute atomic E-state index is 0.0593. The summed E-state index contributed by atoms with van der Waals surface area (Å²) in [5.74, 6) is -2.64. The van der Waals surface area contributed by atoms with Crippen molar-refractivity contribution in [2.45, 2.75) is 187 Å². The molecule has 0 unspecified atom stereocenters. The molecule has 13 heteroatoms. The van der Waals surface area contributed by atoms with Crippen molar-refractivity contribution in [1.29, 1.82) is 0 Å². The van der Waals surface area contributed by atoms with Gasteiger partial charge >= 0.3 is 5.97 Å². The van der Waals surface area contributed by atoms with Gasteiger partial charge in [0.25, 0.3) is 0 Å². The van der Waals surface area contributed by atoms with Crippen LogP contribution in [-0.4, -0.2) is 141 Å². The highest BCUT2D eigenvalue weighted by Crippen LogP contribution is 2.41. The van der Waals surface area contributed by atoms with E-state index in [1.807, 2.05) is 46.6 Å². The van der Waals surface area contributed by atoms with Crippen molar-refractivity contribution >= 4 is 5.97 Å². The Labute approximate surface area is 306 Å². The van der Waals surface area contributed by atoms with E-state index in [9.17, 15) is 30.3 Å². The van der Waals surface area contributed by atoms with Crippen molar-refractivity contribution in [2.24, 2.45) is 29.6 Å². The van der Waals surface area contributed by atoms with Gasteiger partial charge in [-0.3, -0.25) is 4.79 Å². The third-order valence-electron chi connectivity index (χ3n) is 12.7. The first-order valence-corrected chi connectivity index (χ1v) is 19.0. The van der Waals surface area contributed by atoms with Gasteiger partial charge in [-0.1, -0.05) is 34.6 Å². The highest BCUT2D eigenvalue weighted by atomic mass is 16.7. The van der Waals surface area contributed by atoms with Crippen molar-refractivity contribution < 1.29 is 58.7 Å². The van der Waals surface area contributed by atoms with Gasteiger partial charge < -0.3 is 58.9 Å². The lowest BCUT2D eigenvalue weighted by Crippen LogP contribution is -2.60. The molecule has 0 aliphatic carbocycles. The summed E-state index contributed by atoms with van der Waals surface area (Å²) >= 11 is 0. The van der Waals surface area contributed by atoms with Gasteiger partial charge in [0.15, 0.2) is 12.6 Å². The first kappa shape index (κ1) is 44.4. The molecule has 3 fully saturated rings. The third-order valence-corrected chi connectivity index (χ3v) is 12.7. The number of carbonyl (C=O) groups excluding carboxylic acids is 1. The van der Waals surface area contributed by atoms with Crippen LogP contribution >= 0.6 is 0 Å². The predicted molar refractivity (Wildman–Crippen MR) is 190 cm³/mol. The Morgan fingerprint density at radius 2 is 1.45 bits per heavy atom. The van der Waals surface area contributed by atoms with Crippen LogP contribution in [0.1, 0.15) is 102 Å². The molecule has 3 aliphatic rings. The number of esters is 1. The molecular weight excluding hydrogens is 662 g/mol. The van der Waals surface area contributed by atoms with E-state index in [0.717, 1.165) is 0 Å². The number of aliphatic hydroxyl groups excluding tert-OH is 3. The molecule has 13 nitrogen and oxygen atoms in total. The van der Waals surface area contributed by atoms with Crippen molar-refractivity contribution in [3.05, 3.63) is 0 Å². The van der Waals surface area contributed by atoms with Gasteiger partial charge in [-0.05, 0) is 86.1 Å². The van der Waals surface area contributed by atoms with Crippen molar-refractivity contribution in [3.8, 4) is 0 Å². The number of methoxy groups -OCH3 is 1. The predicted octanol–water partition coefficient (Wildman–Crippen LogP) is 2.85. The van der Waals surface area contributed by atoms with Crippen LogP contribution in [0.5, 0.6) is 0 Å². The molecule has 300 valence electrons. The largest absolute Gasteiger partial charge is 0.459 e. The van der Waals surface area contributed by atoms with Crippen molar-refractivity contribution in [2.75, 3.05) is 20.7 Å². The third kappa shape index (κ3) is 9.65. The van der Waals surface area contributed by atoms with Crippen LogP contribution in [0.3, 0.4) is 0 Å². The van der Waals surface area contributed by atoms with Crippen LogP contribution in [0.15, 0.2) is 0 Å². The second kappa shape index (κ2) is 17.2. The number of carbonyl (C=O) groups is 1. The number of hydrogen-bond acceptors (Lipinski definition) is 13. The summed E-state index contributed by atoms with van der Waals surface area (Å²) < 4.78 is 37.5. The van der Waals surface area contributed by atoms with E-state index in [0.29, 0.717) is 6.54 Å². The number of likely N-dealkylation sites (N-methyl/N-ethyl adjacent to an activating group) is 1. The average molecular weight is 734 g/mol. The van der Waals surface area contributed by atoms with Crippen LogP contribution in [-0.2, 0) is 33.2 Å². The number of rotatable bonds is 6. The van der Waals surface area contributed by atoms with Crippen LogP contribution in [0, 0.1) is 29.6 Å². The maximum Gasteiger partial charge on any atom is 0.311 e. The fourth-order valence-corrected chi connectivity index (χ4v) is 8.60. The molecular formula is C38H71NO12. The first-order valence-electron chi connectivity index (χ1n) is 19.0. The summed E-state index contributed by atoms with van der Waals surface area (Å²) in [6.45, 7) is 22.0. The average Bonchev–Trinajstić information content (AvgIpc) is 3.05. The maximum atomic E-state index is 14.2. The Bertz CT molecular complexity index is 1120. The van der Waals surface area contributed by atoms with E-state index in [1.165, 1.54) is 14.0 Å². The molecule has 3 aliphatic heterocycles. The Balaban J connectivity index is 2.17. The van der Waals surface area contributed by atoms with Gasteiger partial charge in [-0.25, -0.2) is 0 Å². The Kier molecular flexibility index (Phi) is 15.0. The molecule has 0 amide bonds. The summed E-state index contributed by atoms with van der Waals surface area (Å²) in [5.41, 5.74) is -4.35. The second-order valence-corrected chi connectivity index (χ2v) is 17.0. The number of ether oxygens (including phenoxy) is 6. The Morgan fingerprint density at radius 1 is 0.843 bits per heavy atom. The molecule has 0 spiro atoms. The van der Waals surface area contributed by atoms with Crippen LogP contribution in [0.2, 0.25) is 0 Å². The lowest BCUT2D eigenvalue weighted by Gasteiger charge is -2.49. The summed E-state index contributed by atoms with van der Waals surface area (Å²) in [6, 6.07) is -0.531. The molecule has 3 rings (SSSR count). The number of aliphatic hydroxyl groups is 5. The highest BCUT2D eigenvalue weighted by molar-refractivity contribution is 5.73. The minimum atomic E-state index is -1.79. The SMILES string of the molecule is CC[C@H]1OC(=O)[C@H](C)[C@@H](O[C@H]2C[C@@](C)(OC)[C@@H](O)[C@H](C)O2)[C@H](C)[C@@H](O[C@@H]2O[C@H](C)[C@H](C)[C@H](C)[C@H]2O)[C@](C)(O)C[C@@H](C)CN(C)[C@H](C)[C@@H](O)[C@]1(C)O. The molecule has 19 atom stereocenters. The van der Waals surface area contributed by atoms with E-state index in [2.05, 4.69) is 0 Å². The molecule has 51 heavy (non-hydrogen) atoms. The van der Waals surface area contributed by atoms with Crippen molar-refractivity contribution in [1.82, 2.24) is 4.90 Å². The monoisotopic (exact) mass is 733 g/mol. The summed E-state index contributed by atoms with van der Waals surface area (Å²) in [6.07, 6.45) is -8.58. The smallest absolute Gasteiger partial charge is 0.311 e. The number of nitrogens with zero attached hydrogens (tertiary/aromatic N) is 1. The van der Waals surface area contributed by atoms with Gasteiger partial charge in [0, 0.05) is 32.0 Å². The van der Waals surface area contributed by atoms with Gasteiger partial charge in [0.2, 0.25) is 0 Å². The van der Waals surface area contributed by atoms with Crippen LogP contribution in [0.4, 0.5) is 0 Å². The normalized spacial score (nSPS) is 51.7. The fourth-order valence-electron chi connectivity index (χ4n) is 8.60. The van der Waals surface area contributed by atoms with Gasteiger partial charge in [-0.2, -0.15) is 0 Å². The molecule has 3 saturated heterocycles. The molecule has 5 N–H and O–H groups in total. The molecule has 0 bridgehead atoms. The summed E-state index contributed by atoms with van der Waals surface area (Å²) in [4.78, 5) is 16.1. The lowest BCUT2D eigenvalue weighted by molar-refractivity contribution is -0.322. The first-order chi connectivity index (χ1) is 23.4.